The molecule has 5 nitrogen and oxygen atoms in total. The molecule has 2 atom stereocenters. The quantitative estimate of drug-likeness (QED) is 0.526. The Kier molecular flexibility index (Phi) is 6.43. The van der Waals surface area contributed by atoms with Crippen LogP contribution in [-0.4, -0.2) is 45.8 Å². The van der Waals surface area contributed by atoms with E-state index in [9.17, 15) is 18.0 Å². The summed E-state index contributed by atoms with van der Waals surface area (Å²) in [5.74, 6) is -3.75. The van der Waals surface area contributed by atoms with E-state index in [1.807, 2.05) is 19.1 Å². The molecular formula is C24H25F3N4OS. The number of anilines is 1. The summed E-state index contributed by atoms with van der Waals surface area (Å²) in [5, 5.41) is 3.82. The molecule has 0 aliphatic carbocycles. The summed E-state index contributed by atoms with van der Waals surface area (Å²) >= 11 is 1.28. The third-order valence-electron chi connectivity index (χ3n) is 5.79. The number of aromatic nitrogens is 2. The zero-order chi connectivity index (χ0) is 23.8. The number of carbonyl (C=O) groups excluding carboxylic acids is 1. The predicted molar refractivity (Wildman–Crippen MR) is 123 cm³/mol. The van der Waals surface area contributed by atoms with Crippen molar-refractivity contribution in [2.24, 2.45) is 5.92 Å². The van der Waals surface area contributed by atoms with E-state index >= 15 is 0 Å². The molecule has 33 heavy (non-hydrogen) atoms. The Morgan fingerprint density at radius 1 is 1.21 bits per heavy atom. The topological polar surface area (TPSA) is 58.1 Å². The number of thiazole rings is 1. The Hall–Kier alpha value is -2.94. The average molecular weight is 475 g/mol. The number of hydrogen-bond donors (Lipinski definition) is 1. The second-order valence-corrected chi connectivity index (χ2v) is 9.76. The van der Waals surface area contributed by atoms with Crippen molar-refractivity contribution in [2.45, 2.75) is 39.2 Å². The van der Waals surface area contributed by atoms with Crippen LogP contribution in [0.1, 0.15) is 34.4 Å². The molecule has 0 unspecified atom stereocenters. The lowest BCUT2D eigenvalue weighted by atomic mass is 9.88. The van der Waals surface area contributed by atoms with Crippen molar-refractivity contribution in [3.05, 3.63) is 64.7 Å². The lowest BCUT2D eigenvalue weighted by molar-refractivity contribution is -0.0898. The third-order valence-corrected chi connectivity index (χ3v) is 6.81. The maximum Gasteiger partial charge on any atom is 0.274 e. The molecule has 3 heterocycles. The van der Waals surface area contributed by atoms with Crippen molar-refractivity contribution in [3.8, 4) is 10.4 Å². The molecule has 1 amide bonds. The number of halogens is 3. The molecule has 1 N–H and O–H groups in total. The van der Waals surface area contributed by atoms with Crippen LogP contribution in [0.25, 0.3) is 10.4 Å². The second-order valence-electron chi connectivity index (χ2n) is 8.56. The molecular weight excluding hydrogens is 449 g/mol. The number of hydrogen-bond acceptors (Lipinski definition) is 5. The van der Waals surface area contributed by atoms with E-state index in [1.54, 1.807) is 32.2 Å². The summed E-state index contributed by atoms with van der Waals surface area (Å²) in [6.45, 7) is 5.02. The molecule has 1 saturated heterocycles. The standard InChI is InChI=1S/C24H25F3N4OS/c1-14-4-9-20(28-11-14)29-12-19-15(2)10-24(26,27)13-31(19)23(32)21-22(33-16(3)30-21)17-5-7-18(25)8-6-17/h4-9,11,15,19H,10,12-13H2,1-3H3,(H,28,29)/t15-,19-/m1/s1. The van der Waals surface area contributed by atoms with Crippen molar-refractivity contribution >= 4 is 23.1 Å². The van der Waals surface area contributed by atoms with E-state index < -0.39 is 36.2 Å². The molecule has 2 aromatic heterocycles. The predicted octanol–water partition coefficient (Wildman–Crippen LogP) is 5.56. The van der Waals surface area contributed by atoms with Crippen molar-refractivity contribution < 1.29 is 18.0 Å². The minimum absolute atomic E-state index is 0.118. The van der Waals surface area contributed by atoms with Gasteiger partial charge in [0.25, 0.3) is 11.8 Å². The second kappa shape index (κ2) is 9.13. The first-order chi connectivity index (χ1) is 15.6. The van der Waals surface area contributed by atoms with Gasteiger partial charge in [-0.05, 0) is 49.1 Å². The zero-order valence-electron chi connectivity index (χ0n) is 18.6. The fraction of sp³-hybridized carbons (Fsp3) is 0.375. The van der Waals surface area contributed by atoms with Crippen LogP contribution in [-0.2, 0) is 0 Å². The zero-order valence-corrected chi connectivity index (χ0v) is 19.4. The highest BCUT2D eigenvalue weighted by molar-refractivity contribution is 7.15. The molecule has 1 aliphatic rings. The van der Waals surface area contributed by atoms with Gasteiger partial charge in [0.15, 0.2) is 0 Å². The first kappa shape index (κ1) is 23.2. The summed E-state index contributed by atoms with van der Waals surface area (Å²) in [4.78, 5) is 24.1. The van der Waals surface area contributed by atoms with Crippen molar-refractivity contribution in [1.82, 2.24) is 14.9 Å². The third kappa shape index (κ3) is 5.19. The molecule has 0 saturated carbocycles. The monoisotopic (exact) mass is 474 g/mol. The molecule has 0 radical (unpaired) electrons. The van der Waals surface area contributed by atoms with Gasteiger partial charge < -0.3 is 10.2 Å². The smallest absolute Gasteiger partial charge is 0.274 e. The normalized spacial score (nSPS) is 20.0. The minimum Gasteiger partial charge on any atom is -0.368 e. The summed E-state index contributed by atoms with van der Waals surface area (Å²) in [6.07, 6.45) is 1.42. The average Bonchev–Trinajstić information content (AvgIpc) is 3.15. The van der Waals surface area contributed by atoms with Gasteiger partial charge >= 0.3 is 0 Å². The van der Waals surface area contributed by atoms with Gasteiger partial charge in [0.05, 0.1) is 22.5 Å². The number of alkyl halides is 2. The Labute approximate surface area is 194 Å². The lowest BCUT2D eigenvalue weighted by Crippen LogP contribution is -2.57. The molecule has 0 bridgehead atoms. The van der Waals surface area contributed by atoms with Gasteiger partial charge in [0.2, 0.25) is 0 Å². The number of pyridine rings is 1. The molecule has 1 aliphatic heterocycles. The van der Waals surface area contributed by atoms with Crippen LogP contribution in [0.3, 0.4) is 0 Å². The molecule has 9 heteroatoms. The van der Waals surface area contributed by atoms with Crippen molar-refractivity contribution in [2.75, 3.05) is 18.4 Å². The van der Waals surface area contributed by atoms with Crippen LogP contribution in [0.4, 0.5) is 19.0 Å². The van der Waals surface area contributed by atoms with E-state index in [0.717, 1.165) is 5.56 Å². The molecule has 3 aromatic rings. The van der Waals surface area contributed by atoms with Crippen molar-refractivity contribution in [1.29, 1.82) is 0 Å². The Bertz CT molecular complexity index is 1130. The van der Waals surface area contributed by atoms with Crippen LogP contribution in [0.2, 0.25) is 0 Å². The van der Waals surface area contributed by atoms with Gasteiger partial charge in [-0.25, -0.2) is 23.1 Å². The minimum atomic E-state index is -2.99. The number of nitrogens with zero attached hydrogens (tertiary/aromatic N) is 3. The highest BCUT2D eigenvalue weighted by atomic mass is 32.1. The fourth-order valence-electron chi connectivity index (χ4n) is 4.17. The first-order valence-electron chi connectivity index (χ1n) is 10.7. The van der Waals surface area contributed by atoms with E-state index in [4.69, 9.17) is 0 Å². The number of nitrogens with one attached hydrogen (secondary N) is 1. The van der Waals surface area contributed by atoms with Crippen LogP contribution < -0.4 is 5.32 Å². The molecule has 0 spiro atoms. The maximum atomic E-state index is 14.5. The van der Waals surface area contributed by atoms with Gasteiger partial charge in [-0.2, -0.15) is 0 Å². The van der Waals surface area contributed by atoms with Gasteiger partial charge in [-0.15, -0.1) is 11.3 Å². The number of likely N-dealkylation sites (tertiary alicyclic amines) is 1. The number of benzene rings is 1. The summed E-state index contributed by atoms with van der Waals surface area (Å²) in [6, 6.07) is 8.99. The van der Waals surface area contributed by atoms with Crippen LogP contribution in [0, 0.1) is 25.6 Å². The van der Waals surface area contributed by atoms with Gasteiger partial charge in [0, 0.05) is 19.2 Å². The maximum absolute atomic E-state index is 14.5. The van der Waals surface area contributed by atoms with Crippen LogP contribution in [0.15, 0.2) is 42.6 Å². The molecule has 1 fully saturated rings. The first-order valence-corrected chi connectivity index (χ1v) is 11.5. The van der Waals surface area contributed by atoms with E-state index in [-0.39, 0.29) is 18.7 Å². The molecule has 4 rings (SSSR count). The van der Waals surface area contributed by atoms with Crippen LogP contribution in [0.5, 0.6) is 0 Å². The van der Waals surface area contributed by atoms with Gasteiger partial charge in [-0.3, -0.25) is 4.79 Å². The lowest BCUT2D eigenvalue weighted by Gasteiger charge is -2.43. The SMILES string of the molecule is Cc1ccc(NC[C@@H]2[C@H](C)CC(F)(F)CN2C(=O)c2nc(C)sc2-c2ccc(F)cc2)nc1. The molecule has 1 aromatic carbocycles. The molecule has 174 valence electrons. The number of piperidine rings is 1. The van der Waals surface area contributed by atoms with E-state index in [0.29, 0.717) is 21.3 Å². The number of carbonyl (C=O) groups is 1. The Morgan fingerprint density at radius 2 is 1.94 bits per heavy atom. The number of amides is 1. The summed E-state index contributed by atoms with van der Waals surface area (Å²) < 4.78 is 42.5. The largest absolute Gasteiger partial charge is 0.368 e. The Morgan fingerprint density at radius 3 is 2.61 bits per heavy atom. The van der Waals surface area contributed by atoms with Gasteiger partial charge in [0.1, 0.15) is 17.3 Å². The van der Waals surface area contributed by atoms with Crippen molar-refractivity contribution in [3.63, 3.8) is 0 Å². The summed E-state index contributed by atoms with van der Waals surface area (Å²) in [5.41, 5.74) is 1.75. The fourth-order valence-corrected chi connectivity index (χ4v) is 5.08. The number of aryl methyl sites for hydroxylation is 2. The highest BCUT2D eigenvalue weighted by Crippen LogP contribution is 2.37. The van der Waals surface area contributed by atoms with Gasteiger partial charge in [-0.1, -0.05) is 25.1 Å². The summed E-state index contributed by atoms with van der Waals surface area (Å²) in [7, 11) is 0. The highest BCUT2D eigenvalue weighted by Gasteiger charge is 2.46. The van der Waals surface area contributed by atoms with E-state index in [2.05, 4.69) is 15.3 Å². The van der Waals surface area contributed by atoms with Crippen LogP contribution >= 0.6 is 11.3 Å². The van der Waals surface area contributed by atoms with E-state index in [1.165, 1.54) is 28.4 Å². The Balaban J connectivity index is 1.64. The number of rotatable bonds is 5.